The molecule has 0 radical (unpaired) electrons. The summed E-state index contributed by atoms with van der Waals surface area (Å²) in [5.41, 5.74) is -1.45. The quantitative estimate of drug-likeness (QED) is 0.0216. The van der Waals surface area contributed by atoms with Crippen molar-refractivity contribution in [1.82, 2.24) is 0 Å². The number of rotatable bonds is 18. The highest BCUT2D eigenvalue weighted by atomic mass is 19.4. The molecule has 0 heterocycles. The highest BCUT2D eigenvalue weighted by Crippen LogP contribution is 2.52. The average molecular weight is 1380 g/mol. The van der Waals surface area contributed by atoms with Gasteiger partial charge in [0.05, 0.1) is 34.1 Å². The molecule has 100 heavy (non-hydrogen) atoms. The third kappa shape index (κ3) is 14.0. The minimum atomic E-state index is -5.10. The first-order chi connectivity index (χ1) is 47.0. The van der Waals surface area contributed by atoms with Gasteiger partial charge in [0.15, 0.2) is 0 Å². The van der Waals surface area contributed by atoms with E-state index in [-0.39, 0.29) is 90.3 Å². The molecule has 10 aromatic carbocycles. The molecule has 2 unspecified atom stereocenters. The standard InChI is InChI=1S/C73H57F9N6O12/c1-68(71(74,75)76,42-12-26-58(89)52(83)32-42)44-14-28-60(91)54(34-44)85-64(95)38-4-18-48(19-5-38)99-50-22-8-40(9-23-50)66(97)87-56-36-46(16-30-62(56)93)70(3,73(80,81)82)47-17-31-63(94)57(37-47)88-67(98)41-10-24-51(25-11-41)100-49-20-6-39(7-21-49)65(96)86-55-35-45(15-29-61(55)92)69(2,72(77,78)79)43-13-27-59(90)53(84)33-43/h4-37,89-94H,83-84H2,1-3H3,(H,85,95)(H,86,96)(H,87,97)(H,88,98). The van der Waals surface area contributed by atoms with Crippen LogP contribution in [-0.2, 0) is 16.2 Å². The van der Waals surface area contributed by atoms with E-state index in [0.717, 1.165) is 130 Å². The normalized spacial score (nSPS) is 13.5. The Bertz CT molecular complexity index is 4510. The van der Waals surface area contributed by atoms with Crippen LogP contribution in [-0.4, -0.2) is 72.8 Å². The molecule has 514 valence electrons. The number of aromatic hydroxyl groups is 6. The largest absolute Gasteiger partial charge is 0.506 e. The van der Waals surface area contributed by atoms with Crippen molar-refractivity contribution in [2.45, 2.75) is 55.5 Å². The molecule has 0 aliphatic carbocycles. The zero-order valence-electron chi connectivity index (χ0n) is 52.3. The minimum Gasteiger partial charge on any atom is -0.506 e. The van der Waals surface area contributed by atoms with Crippen LogP contribution in [0.3, 0.4) is 0 Å². The number of phenols is 6. The Morgan fingerprint density at radius 3 is 0.650 bits per heavy atom. The van der Waals surface area contributed by atoms with Gasteiger partial charge in [0.25, 0.3) is 23.6 Å². The molecular formula is C73H57F9N6O12. The lowest BCUT2D eigenvalue weighted by Gasteiger charge is -2.34. The second kappa shape index (κ2) is 26.8. The Kier molecular flexibility index (Phi) is 18.8. The molecule has 0 saturated heterocycles. The number of nitrogens with two attached hydrogens (primary N) is 2. The van der Waals surface area contributed by atoms with Gasteiger partial charge in [-0.15, -0.1) is 0 Å². The van der Waals surface area contributed by atoms with E-state index < -0.39 is 115 Å². The van der Waals surface area contributed by atoms with E-state index >= 15 is 13.2 Å². The van der Waals surface area contributed by atoms with Crippen molar-refractivity contribution in [3.05, 3.63) is 262 Å². The highest BCUT2D eigenvalue weighted by Gasteiger charge is 2.56. The molecule has 4 amide bonds. The molecule has 27 heteroatoms. The highest BCUT2D eigenvalue weighted by molar-refractivity contribution is 6.07. The number of phenolic OH excluding ortho intramolecular Hbond substituents is 6. The number of benzene rings is 10. The Hall–Kier alpha value is -12.6. The summed E-state index contributed by atoms with van der Waals surface area (Å²) in [4.78, 5) is 53.8. The Labute approximate surface area is 562 Å². The van der Waals surface area contributed by atoms with Crippen LogP contribution < -0.4 is 42.2 Å². The number of amides is 4. The zero-order valence-corrected chi connectivity index (χ0v) is 52.3. The van der Waals surface area contributed by atoms with E-state index in [1.54, 1.807) is 0 Å². The lowest BCUT2D eigenvalue weighted by Crippen LogP contribution is -2.40. The predicted molar refractivity (Wildman–Crippen MR) is 353 cm³/mol. The van der Waals surface area contributed by atoms with Gasteiger partial charge in [0, 0.05) is 22.3 Å². The first kappa shape index (κ1) is 70.3. The molecule has 0 fully saturated rings. The number of carbonyl (C=O) groups is 4. The van der Waals surface area contributed by atoms with Gasteiger partial charge in [-0.3, -0.25) is 19.2 Å². The van der Waals surface area contributed by atoms with Gasteiger partial charge in [0.1, 0.15) is 73.7 Å². The van der Waals surface area contributed by atoms with Gasteiger partial charge in [-0.2, -0.15) is 39.5 Å². The van der Waals surface area contributed by atoms with Gasteiger partial charge in [-0.05, 0) is 224 Å². The number of nitrogens with one attached hydrogen (secondary N) is 4. The summed E-state index contributed by atoms with van der Waals surface area (Å²) in [7, 11) is 0. The Balaban J connectivity index is 0.757. The zero-order chi connectivity index (χ0) is 72.6. The van der Waals surface area contributed by atoms with E-state index in [2.05, 4.69) is 21.3 Å². The van der Waals surface area contributed by atoms with E-state index in [4.69, 9.17) is 20.9 Å². The minimum absolute atomic E-state index is 0.000749. The summed E-state index contributed by atoms with van der Waals surface area (Å²) < 4.78 is 147. The topological polar surface area (TPSA) is 308 Å². The number of nitrogen functional groups attached to an aromatic ring is 2. The molecule has 0 aliphatic rings. The number of halogens is 9. The molecule has 2 atom stereocenters. The molecule has 10 rings (SSSR count). The van der Waals surface area contributed by atoms with Crippen LogP contribution in [0.15, 0.2) is 206 Å². The maximum absolute atomic E-state index is 15.5. The van der Waals surface area contributed by atoms with Crippen LogP contribution in [0.5, 0.6) is 57.5 Å². The van der Waals surface area contributed by atoms with Crippen LogP contribution in [0.1, 0.15) is 95.6 Å². The summed E-state index contributed by atoms with van der Waals surface area (Å²) in [6.45, 7) is 2.59. The van der Waals surface area contributed by atoms with Crippen molar-refractivity contribution in [2.75, 3.05) is 32.7 Å². The van der Waals surface area contributed by atoms with Crippen molar-refractivity contribution in [3.8, 4) is 57.5 Å². The molecule has 0 aromatic heterocycles. The van der Waals surface area contributed by atoms with Crippen LogP contribution in [0.4, 0.5) is 73.6 Å². The van der Waals surface area contributed by atoms with E-state index in [1.807, 2.05) is 0 Å². The van der Waals surface area contributed by atoms with E-state index in [1.165, 1.54) is 97.1 Å². The Morgan fingerprint density at radius 1 is 0.290 bits per heavy atom. The smallest absolute Gasteiger partial charge is 0.402 e. The van der Waals surface area contributed by atoms with Crippen molar-refractivity contribution >= 4 is 57.8 Å². The van der Waals surface area contributed by atoms with Gasteiger partial charge < -0.3 is 72.8 Å². The number of hydrogen-bond donors (Lipinski definition) is 12. The van der Waals surface area contributed by atoms with Crippen molar-refractivity contribution < 1.29 is 98.8 Å². The summed E-state index contributed by atoms with van der Waals surface area (Å²) in [5.74, 6) is -5.82. The van der Waals surface area contributed by atoms with E-state index in [0.29, 0.717) is 0 Å². The Morgan fingerprint density at radius 2 is 0.470 bits per heavy atom. The van der Waals surface area contributed by atoms with Gasteiger partial charge in [-0.1, -0.05) is 36.4 Å². The second-order valence-corrected chi connectivity index (χ2v) is 23.5. The van der Waals surface area contributed by atoms with Crippen molar-refractivity contribution in [2.24, 2.45) is 0 Å². The van der Waals surface area contributed by atoms with Crippen LogP contribution >= 0.6 is 0 Å². The van der Waals surface area contributed by atoms with Gasteiger partial charge in [-0.25, -0.2) is 0 Å². The molecule has 0 saturated carbocycles. The number of anilines is 6. The fraction of sp³-hybridized carbons (Fsp3) is 0.123. The SMILES string of the molecule is CC(c1ccc(O)c(N)c1)(c1ccc(O)c(NC(=O)c2ccc(Oc3ccc(C(=O)Nc4cc(C(C)(c5ccc(O)c(NC(=O)c6ccc(Oc7ccc(C(=O)Nc8cc(C(C)(c9ccc(O)c(N)c9)C(F)(F)F)ccc8O)cc7)cc6)c5)C(F)(F)F)ccc4O)cc3)cc2)c1)C(F)(F)F. The first-order valence-corrected chi connectivity index (χ1v) is 29.7. The first-order valence-electron chi connectivity index (χ1n) is 29.7. The maximum atomic E-state index is 15.5. The van der Waals surface area contributed by atoms with Crippen molar-refractivity contribution in [3.63, 3.8) is 0 Å². The maximum Gasteiger partial charge on any atom is 0.402 e. The van der Waals surface area contributed by atoms with Crippen LogP contribution in [0, 0.1) is 0 Å². The number of hydrogen-bond acceptors (Lipinski definition) is 14. The molecule has 10 aromatic rings. The number of ether oxygens (including phenoxy) is 2. The third-order valence-electron chi connectivity index (χ3n) is 17.1. The fourth-order valence-electron chi connectivity index (χ4n) is 10.7. The lowest BCUT2D eigenvalue weighted by atomic mass is 9.75. The van der Waals surface area contributed by atoms with Crippen LogP contribution in [0.2, 0.25) is 0 Å². The van der Waals surface area contributed by atoms with E-state index in [9.17, 15) is 76.2 Å². The molecular weight excluding hydrogens is 1320 g/mol. The molecule has 14 N–H and O–H groups in total. The van der Waals surface area contributed by atoms with Crippen molar-refractivity contribution in [1.29, 1.82) is 0 Å². The van der Waals surface area contributed by atoms with Crippen LogP contribution in [0.25, 0.3) is 0 Å². The number of alkyl halides is 9. The molecule has 0 bridgehead atoms. The molecule has 18 nitrogen and oxygen atoms in total. The average Bonchev–Trinajstić information content (AvgIpc) is 0.760. The monoisotopic (exact) mass is 1380 g/mol. The van der Waals surface area contributed by atoms with Gasteiger partial charge in [0.2, 0.25) is 0 Å². The summed E-state index contributed by atoms with van der Waals surface area (Å²) in [6, 6.07) is 39.3. The summed E-state index contributed by atoms with van der Waals surface area (Å²) in [5, 5.41) is 72.2. The molecule has 0 aliphatic heterocycles. The molecule has 0 spiro atoms. The summed E-state index contributed by atoms with van der Waals surface area (Å²) in [6.07, 6.45) is -14.9. The second-order valence-electron chi connectivity index (χ2n) is 23.5. The lowest BCUT2D eigenvalue weighted by molar-refractivity contribution is -0.173. The fourth-order valence-corrected chi connectivity index (χ4v) is 10.7. The third-order valence-corrected chi connectivity index (χ3v) is 17.1. The predicted octanol–water partition coefficient (Wildman–Crippen LogP) is 16.3. The van der Waals surface area contributed by atoms with Gasteiger partial charge >= 0.3 is 18.5 Å². The number of carbonyl (C=O) groups excluding carboxylic acids is 4. The summed E-state index contributed by atoms with van der Waals surface area (Å²) >= 11 is 0.